The van der Waals surface area contributed by atoms with Crippen LogP contribution in [0, 0.1) is 0 Å². The molecule has 1 aliphatic heterocycles. The zero-order valence-corrected chi connectivity index (χ0v) is 14.0. The fourth-order valence-corrected chi connectivity index (χ4v) is 3.57. The summed E-state index contributed by atoms with van der Waals surface area (Å²) in [5.41, 5.74) is 2.31. The van der Waals surface area contributed by atoms with Gasteiger partial charge in [-0.1, -0.05) is 6.07 Å². The van der Waals surface area contributed by atoms with Gasteiger partial charge in [-0.2, -0.15) is 0 Å². The highest BCUT2D eigenvalue weighted by atomic mass is 32.1. The van der Waals surface area contributed by atoms with Gasteiger partial charge in [0.1, 0.15) is 0 Å². The predicted octanol–water partition coefficient (Wildman–Crippen LogP) is 3.46. The molecule has 0 spiro atoms. The molecule has 0 radical (unpaired) electrons. The van der Waals surface area contributed by atoms with E-state index in [2.05, 4.69) is 64.9 Å². The van der Waals surface area contributed by atoms with E-state index in [0.29, 0.717) is 6.04 Å². The van der Waals surface area contributed by atoms with Crippen LogP contribution in [0.15, 0.2) is 42.7 Å². The summed E-state index contributed by atoms with van der Waals surface area (Å²) in [5.74, 6) is 0. The third kappa shape index (κ3) is 2.50. The minimum Gasteiger partial charge on any atom is -0.352 e. The minimum atomic E-state index is 0.0843. The van der Waals surface area contributed by atoms with Crippen molar-refractivity contribution in [3.05, 3.63) is 54.1 Å². The van der Waals surface area contributed by atoms with E-state index in [4.69, 9.17) is 12.2 Å². The molecule has 0 unspecified atom stereocenters. The lowest BCUT2D eigenvalue weighted by atomic mass is 10.0. The van der Waals surface area contributed by atoms with Gasteiger partial charge in [0.25, 0.3) is 0 Å². The van der Waals surface area contributed by atoms with Crippen LogP contribution in [0.3, 0.4) is 0 Å². The van der Waals surface area contributed by atoms with Gasteiger partial charge >= 0.3 is 0 Å². The Kier molecular flexibility index (Phi) is 4.16. The van der Waals surface area contributed by atoms with Crippen molar-refractivity contribution in [2.45, 2.75) is 38.9 Å². The van der Waals surface area contributed by atoms with Crippen LogP contribution in [-0.2, 0) is 0 Å². The third-order valence-corrected chi connectivity index (χ3v) is 4.56. The Hall–Kier alpha value is -1.88. The summed E-state index contributed by atoms with van der Waals surface area (Å²) < 4.78 is 2.32. The molecular formula is C17H22N4S. The van der Waals surface area contributed by atoms with Gasteiger partial charge in [0.05, 0.1) is 17.8 Å². The second-order valence-corrected chi connectivity index (χ2v) is 6.23. The van der Waals surface area contributed by atoms with Crippen LogP contribution in [0.5, 0.6) is 0 Å². The van der Waals surface area contributed by atoms with Gasteiger partial charge in [-0.25, -0.2) is 0 Å². The number of likely N-dealkylation sites (N-methyl/N-ethyl adjacent to an activating group) is 1. The lowest BCUT2D eigenvalue weighted by molar-refractivity contribution is 0.311. The lowest BCUT2D eigenvalue weighted by Crippen LogP contribution is -2.30. The van der Waals surface area contributed by atoms with E-state index in [0.717, 1.165) is 17.4 Å². The van der Waals surface area contributed by atoms with Gasteiger partial charge in [-0.3, -0.25) is 4.98 Å². The van der Waals surface area contributed by atoms with E-state index >= 15 is 0 Å². The number of rotatable bonds is 4. The van der Waals surface area contributed by atoms with Gasteiger partial charge in [0, 0.05) is 30.7 Å². The van der Waals surface area contributed by atoms with E-state index in [1.54, 1.807) is 0 Å². The Morgan fingerprint density at radius 3 is 2.73 bits per heavy atom. The number of pyridine rings is 1. The van der Waals surface area contributed by atoms with Crippen LogP contribution in [0.4, 0.5) is 0 Å². The number of hydrogen-bond acceptors (Lipinski definition) is 2. The molecule has 1 aliphatic rings. The van der Waals surface area contributed by atoms with Gasteiger partial charge < -0.3 is 14.8 Å². The van der Waals surface area contributed by atoms with E-state index in [9.17, 15) is 0 Å². The molecule has 4 nitrogen and oxygen atoms in total. The number of nitrogens with one attached hydrogen (secondary N) is 1. The van der Waals surface area contributed by atoms with Crippen LogP contribution < -0.4 is 5.32 Å². The summed E-state index contributed by atoms with van der Waals surface area (Å²) in [6.45, 7) is 7.43. The molecule has 116 valence electrons. The molecule has 3 heterocycles. The standard InChI is InChI=1S/C17H22N4S/c1-4-20-16(14-9-7-11-21(14)12(2)3)15(19-17(20)22)13-8-5-6-10-18-13/h5-12,15-16H,4H2,1-3H3,(H,19,22)/t15-,16+/m1/s1. The summed E-state index contributed by atoms with van der Waals surface area (Å²) in [6, 6.07) is 11.0. The molecule has 0 bridgehead atoms. The van der Waals surface area contributed by atoms with E-state index in [1.807, 2.05) is 18.3 Å². The molecule has 3 rings (SSSR count). The van der Waals surface area contributed by atoms with Crippen molar-refractivity contribution in [1.29, 1.82) is 0 Å². The van der Waals surface area contributed by atoms with E-state index < -0.39 is 0 Å². The van der Waals surface area contributed by atoms with Crippen molar-refractivity contribution < 1.29 is 0 Å². The van der Waals surface area contributed by atoms with Crippen LogP contribution in [-0.4, -0.2) is 26.1 Å². The summed E-state index contributed by atoms with van der Waals surface area (Å²) in [6.07, 6.45) is 3.98. The van der Waals surface area contributed by atoms with Gasteiger partial charge in [-0.05, 0) is 57.3 Å². The Morgan fingerprint density at radius 2 is 2.09 bits per heavy atom. The molecular weight excluding hydrogens is 292 g/mol. The average molecular weight is 314 g/mol. The zero-order chi connectivity index (χ0) is 15.7. The highest BCUT2D eigenvalue weighted by Crippen LogP contribution is 2.39. The fraction of sp³-hybridized carbons (Fsp3) is 0.412. The minimum absolute atomic E-state index is 0.0843. The van der Waals surface area contributed by atoms with Crippen molar-refractivity contribution in [1.82, 2.24) is 19.8 Å². The monoisotopic (exact) mass is 314 g/mol. The third-order valence-electron chi connectivity index (χ3n) is 4.21. The summed E-state index contributed by atoms with van der Waals surface area (Å²) in [7, 11) is 0. The maximum atomic E-state index is 5.55. The molecule has 2 aromatic rings. The highest BCUT2D eigenvalue weighted by molar-refractivity contribution is 7.80. The molecule has 5 heteroatoms. The summed E-state index contributed by atoms with van der Waals surface area (Å²) in [4.78, 5) is 6.79. The normalized spacial score (nSPS) is 21.5. The highest BCUT2D eigenvalue weighted by Gasteiger charge is 2.40. The SMILES string of the molecule is CCN1C(=S)N[C@H](c2ccccn2)[C@@H]1c1cccn1C(C)C. The smallest absolute Gasteiger partial charge is 0.170 e. The number of nitrogens with zero attached hydrogens (tertiary/aromatic N) is 3. The lowest BCUT2D eigenvalue weighted by Gasteiger charge is -2.28. The summed E-state index contributed by atoms with van der Waals surface area (Å²) >= 11 is 5.55. The van der Waals surface area contributed by atoms with Crippen molar-refractivity contribution in [3.63, 3.8) is 0 Å². The molecule has 2 aromatic heterocycles. The Balaban J connectivity index is 2.06. The Bertz CT molecular complexity index is 650. The van der Waals surface area contributed by atoms with Crippen LogP contribution in [0.2, 0.25) is 0 Å². The molecule has 1 fully saturated rings. The van der Waals surface area contributed by atoms with Gasteiger partial charge in [0.2, 0.25) is 0 Å². The first-order valence-corrected chi connectivity index (χ1v) is 8.19. The first kappa shape index (κ1) is 15.0. The van der Waals surface area contributed by atoms with E-state index in [1.165, 1.54) is 5.69 Å². The largest absolute Gasteiger partial charge is 0.352 e. The summed E-state index contributed by atoms with van der Waals surface area (Å²) in [5, 5.41) is 4.26. The Labute approximate surface area is 137 Å². The van der Waals surface area contributed by atoms with Gasteiger partial charge in [0.15, 0.2) is 5.11 Å². The molecule has 0 aromatic carbocycles. The number of thiocarbonyl (C=S) groups is 1. The first-order valence-electron chi connectivity index (χ1n) is 7.78. The predicted molar refractivity (Wildman–Crippen MR) is 92.6 cm³/mol. The molecule has 1 N–H and O–H groups in total. The quantitative estimate of drug-likeness (QED) is 0.876. The molecule has 22 heavy (non-hydrogen) atoms. The van der Waals surface area contributed by atoms with Crippen LogP contribution >= 0.6 is 12.2 Å². The maximum absolute atomic E-state index is 5.55. The number of aromatic nitrogens is 2. The van der Waals surface area contributed by atoms with Crippen LogP contribution in [0.1, 0.15) is 50.3 Å². The molecule has 2 atom stereocenters. The molecule has 1 saturated heterocycles. The molecule has 0 aliphatic carbocycles. The molecule has 0 saturated carbocycles. The van der Waals surface area contributed by atoms with Crippen molar-refractivity contribution >= 4 is 17.3 Å². The maximum Gasteiger partial charge on any atom is 0.170 e. The average Bonchev–Trinajstić information content (AvgIpc) is 3.11. The topological polar surface area (TPSA) is 33.1 Å². The van der Waals surface area contributed by atoms with Crippen molar-refractivity contribution in [2.24, 2.45) is 0 Å². The molecule has 0 amide bonds. The van der Waals surface area contributed by atoms with Crippen molar-refractivity contribution in [2.75, 3.05) is 6.54 Å². The first-order chi connectivity index (χ1) is 10.6. The number of hydrogen-bond donors (Lipinski definition) is 1. The second kappa shape index (κ2) is 6.08. The van der Waals surface area contributed by atoms with Crippen LogP contribution in [0.25, 0.3) is 0 Å². The van der Waals surface area contributed by atoms with E-state index in [-0.39, 0.29) is 12.1 Å². The fourth-order valence-electron chi connectivity index (χ4n) is 3.20. The van der Waals surface area contributed by atoms with Crippen molar-refractivity contribution in [3.8, 4) is 0 Å². The van der Waals surface area contributed by atoms with Gasteiger partial charge in [-0.15, -0.1) is 0 Å². The zero-order valence-electron chi connectivity index (χ0n) is 13.2. The second-order valence-electron chi connectivity index (χ2n) is 5.85. The Morgan fingerprint density at radius 1 is 1.27 bits per heavy atom.